The van der Waals surface area contributed by atoms with Crippen LogP contribution in [-0.2, 0) is 4.79 Å². The van der Waals surface area contributed by atoms with Gasteiger partial charge in [-0.1, -0.05) is 59.3 Å². The van der Waals surface area contributed by atoms with Crippen molar-refractivity contribution in [2.75, 3.05) is 0 Å². The van der Waals surface area contributed by atoms with Crippen LogP contribution in [0.2, 0.25) is 5.02 Å². The molecule has 3 nitrogen and oxygen atoms in total. The molecular weight excluding hydrogens is 378 g/mol. The number of carbonyl (C=O) groups is 1. The third-order valence-electron chi connectivity index (χ3n) is 4.28. The Morgan fingerprint density at radius 3 is 2.59 bits per heavy atom. The van der Waals surface area contributed by atoms with E-state index in [4.69, 9.17) is 16.0 Å². The average molecular weight is 394 g/mol. The van der Waals surface area contributed by atoms with Crippen LogP contribution in [-0.4, -0.2) is 11.0 Å². The minimum atomic E-state index is -0.243. The van der Waals surface area contributed by atoms with Gasteiger partial charge in [0.25, 0.3) is 5.91 Å². The summed E-state index contributed by atoms with van der Waals surface area (Å²) >= 11 is 7.46. The molecule has 0 aliphatic carbocycles. The van der Waals surface area contributed by atoms with Crippen LogP contribution in [0.1, 0.15) is 22.5 Å². The van der Waals surface area contributed by atoms with Gasteiger partial charge >= 0.3 is 0 Å². The molecule has 1 aliphatic heterocycles. The molecule has 0 spiro atoms. The smallest absolute Gasteiger partial charge is 0.285 e. The molecule has 1 amide bonds. The normalized spacial score (nSPS) is 15.4. The number of hydrogen-bond donors (Lipinski definition) is 0. The van der Waals surface area contributed by atoms with Gasteiger partial charge in [-0.15, -0.1) is 0 Å². The van der Waals surface area contributed by atoms with Gasteiger partial charge in [-0.25, -0.2) is 4.99 Å². The highest BCUT2D eigenvalue weighted by Gasteiger charge is 2.23. The molecule has 0 bridgehead atoms. The second-order valence-electron chi connectivity index (χ2n) is 6.36. The predicted octanol–water partition coefficient (Wildman–Crippen LogP) is 6.28. The number of carbonyl (C=O) groups excluding carboxylic acids is 1. The fourth-order valence-corrected chi connectivity index (χ4v) is 3.86. The van der Waals surface area contributed by atoms with E-state index in [1.807, 2.05) is 68.4 Å². The lowest BCUT2D eigenvalue weighted by atomic mass is 10.1. The van der Waals surface area contributed by atoms with E-state index in [1.54, 1.807) is 6.08 Å². The molecule has 0 saturated heterocycles. The summed E-state index contributed by atoms with van der Waals surface area (Å²) in [5, 5.41) is 1.37. The molecule has 0 radical (unpaired) electrons. The molecule has 27 heavy (non-hydrogen) atoms. The fourth-order valence-electron chi connectivity index (χ4n) is 2.79. The van der Waals surface area contributed by atoms with Gasteiger partial charge in [0.15, 0.2) is 0 Å². The third kappa shape index (κ3) is 3.77. The molecule has 1 aromatic heterocycles. The number of nitrogens with zero attached hydrogens (tertiary/aromatic N) is 1. The lowest BCUT2D eigenvalue weighted by Crippen LogP contribution is -1.90. The zero-order valence-electron chi connectivity index (χ0n) is 14.8. The highest BCUT2D eigenvalue weighted by Crippen LogP contribution is 2.34. The van der Waals surface area contributed by atoms with Crippen molar-refractivity contribution >= 4 is 40.4 Å². The van der Waals surface area contributed by atoms with E-state index < -0.39 is 0 Å². The molecule has 0 atom stereocenters. The van der Waals surface area contributed by atoms with Crippen LogP contribution < -0.4 is 0 Å². The summed E-state index contributed by atoms with van der Waals surface area (Å²) in [4.78, 5) is 17.0. The van der Waals surface area contributed by atoms with Crippen LogP contribution in [0.4, 0.5) is 0 Å². The zero-order chi connectivity index (χ0) is 19.0. The molecule has 4 rings (SSSR count). The first kappa shape index (κ1) is 17.8. The number of rotatable bonds is 3. The van der Waals surface area contributed by atoms with Crippen molar-refractivity contribution in [1.29, 1.82) is 0 Å². The van der Waals surface area contributed by atoms with Gasteiger partial charge in [0, 0.05) is 22.2 Å². The van der Waals surface area contributed by atoms with Gasteiger partial charge in [-0.05, 0) is 43.7 Å². The van der Waals surface area contributed by atoms with E-state index in [0.717, 1.165) is 22.5 Å². The molecule has 1 aliphatic rings. The SMILES string of the molecule is Cc1ccc(C2=NC(=O)/C(=C\c3ccc(-c4cc(Cl)ccc4C)o3)S2)cc1. The summed E-state index contributed by atoms with van der Waals surface area (Å²) in [5.74, 6) is 1.09. The van der Waals surface area contributed by atoms with Crippen molar-refractivity contribution in [3.63, 3.8) is 0 Å². The van der Waals surface area contributed by atoms with Crippen LogP contribution in [0, 0.1) is 13.8 Å². The van der Waals surface area contributed by atoms with E-state index in [2.05, 4.69) is 4.99 Å². The maximum absolute atomic E-state index is 12.3. The molecule has 2 aromatic carbocycles. The van der Waals surface area contributed by atoms with Crippen molar-refractivity contribution < 1.29 is 9.21 Å². The molecule has 2 heterocycles. The van der Waals surface area contributed by atoms with E-state index in [0.29, 0.717) is 20.7 Å². The van der Waals surface area contributed by atoms with Gasteiger partial charge < -0.3 is 4.42 Å². The lowest BCUT2D eigenvalue weighted by molar-refractivity contribution is -0.113. The quantitative estimate of drug-likeness (QED) is 0.492. The molecule has 0 saturated carbocycles. The Morgan fingerprint density at radius 2 is 1.81 bits per heavy atom. The third-order valence-corrected chi connectivity index (χ3v) is 5.55. The summed E-state index contributed by atoms with van der Waals surface area (Å²) < 4.78 is 5.92. The number of hydrogen-bond acceptors (Lipinski definition) is 3. The van der Waals surface area contributed by atoms with Gasteiger partial charge in [0.1, 0.15) is 16.6 Å². The summed E-state index contributed by atoms with van der Waals surface area (Å²) in [6.07, 6.45) is 1.74. The van der Waals surface area contributed by atoms with Crippen molar-refractivity contribution in [2.45, 2.75) is 13.8 Å². The lowest BCUT2D eigenvalue weighted by Gasteiger charge is -2.02. The van der Waals surface area contributed by atoms with Gasteiger partial charge in [0.05, 0.1) is 4.91 Å². The minimum Gasteiger partial charge on any atom is -0.457 e. The standard InChI is InChI=1S/C22H16ClNO2S/c1-13-3-6-15(7-4-13)22-24-21(25)20(27-22)12-17-9-10-19(26-17)18-11-16(23)8-5-14(18)2/h3-12H,1-2H3/b20-12+. The second kappa shape index (κ2) is 7.22. The molecule has 134 valence electrons. The monoisotopic (exact) mass is 393 g/mol. The van der Waals surface area contributed by atoms with E-state index in [1.165, 1.54) is 17.3 Å². The van der Waals surface area contributed by atoms with Crippen molar-refractivity contribution in [3.05, 3.63) is 87.0 Å². The Kier molecular flexibility index (Phi) is 4.77. The number of aryl methyl sites for hydroxylation is 2. The summed E-state index contributed by atoms with van der Waals surface area (Å²) in [7, 11) is 0. The largest absolute Gasteiger partial charge is 0.457 e. The van der Waals surface area contributed by atoms with Crippen LogP contribution in [0.5, 0.6) is 0 Å². The van der Waals surface area contributed by atoms with Gasteiger partial charge in [-0.2, -0.15) is 0 Å². The second-order valence-corrected chi connectivity index (χ2v) is 7.83. The van der Waals surface area contributed by atoms with Crippen molar-refractivity contribution in [2.24, 2.45) is 4.99 Å². The number of thioether (sulfide) groups is 1. The minimum absolute atomic E-state index is 0.243. The number of aliphatic imine (C=N–C) groups is 1. The first-order chi connectivity index (χ1) is 13.0. The van der Waals surface area contributed by atoms with Gasteiger partial charge in [-0.3, -0.25) is 4.79 Å². The maximum atomic E-state index is 12.3. The average Bonchev–Trinajstić information content (AvgIpc) is 3.25. The Morgan fingerprint density at radius 1 is 1.04 bits per heavy atom. The van der Waals surface area contributed by atoms with Crippen LogP contribution >= 0.6 is 23.4 Å². The molecule has 0 N–H and O–H groups in total. The number of furan rings is 1. The van der Waals surface area contributed by atoms with Crippen LogP contribution in [0.25, 0.3) is 17.4 Å². The molecule has 0 fully saturated rings. The summed E-state index contributed by atoms with van der Waals surface area (Å²) in [6.45, 7) is 4.03. The molecule has 3 aromatic rings. The highest BCUT2D eigenvalue weighted by molar-refractivity contribution is 8.19. The maximum Gasteiger partial charge on any atom is 0.285 e. The summed E-state index contributed by atoms with van der Waals surface area (Å²) in [5.41, 5.74) is 4.12. The van der Waals surface area contributed by atoms with E-state index in [-0.39, 0.29) is 5.91 Å². The first-order valence-electron chi connectivity index (χ1n) is 8.45. The first-order valence-corrected chi connectivity index (χ1v) is 9.65. The summed E-state index contributed by atoms with van der Waals surface area (Å²) in [6, 6.07) is 17.4. The molecule has 5 heteroatoms. The number of halogens is 1. The van der Waals surface area contributed by atoms with E-state index >= 15 is 0 Å². The number of benzene rings is 2. The number of amides is 1. The topological polar surface area (TPSA) is 42.6 Å². The Hall–Kier alpha value is -2.56. The molecule has 0 unspecified atom stereocenters. The van der Waals surface area contributed by atoms with Crippen molar-refractivity contribution in [1.82, 2.24) is 0 Å². The van der Waals surface area contributed by atoms with E-state index in [9.17, 15) is 4.79 Å². The predicted molar refractivity (Wildman–Crippen MR) is 112 cm³/mol. The van der Waals surface area contributed by atoms with Crippen LogP contribution in [0.3, 0.4) is 0 Å². The fraction of sp³-hybridized carbons (Fsp3) is 0.0909. The van der Waals surface area contributed by atoms with Gasteiger partial charge in [0.2, 0.25) is 0 Å². The Labute approximate surface area is 166 Å². The Bertz CT molecular complexity index is 1090. The van der Waals surface area contributed by atoms with Crippen LogP contribution in [0.15, 0.2) is 68.9 Å². The zero-order valence-corrected chi connectivity index (χ0v) is 16.4. The highest BCUT2D eigenvalue weighted by atomic mass is 35.5. The van der Waals surface area contributed by atoms with Crippen molar-refractivity contribution in [3.8, 4) is 11.3 Å². The Balaban J connectivity index is 1.58. The molecular formula is C22H16ClNO2S.